The van der Waals surface area contributed by atoms with Gasteiger partial charge in [-0.2, -0.15) is 0 Å². The molecule has 1 fully saturated rings. The van der Waals surface area contributed by atoms with Crippen LogP contribution in [-0.4, -0.2) is 43.2 Å². The molecular formula is C12H24N2O2. The molecule has 1 aliphatic heterocycles. The topological polar surface area (TPSA) is 55.6 Å². The third kappa shape index (κ3) is 3.76. The van der Waals surface area contributed by atoms with Crippen LogP contribution in [0.15, 0.2) is 0 Å². The lowest BCUT2D eigenvalue weighted by atomic mass is 9.90. The number of amides is 1. The molecule has 16 heavy (non-hydrogen) atoms. The van der Waals surface area contributed by atoms with Gasteiger partial charge in [0.2, 0.25) is 5.91 Å². The summed E-state index contributed by atoms with van der Waals surface area (Å²) in [7, 11) is 0. The van der Waals surface area contributed by atoms with Crippen LogP contribution in [0, 0.1) is 11.8 Å². The molecule has 0 unspecified atom stereocenters. The summed E-state index contributed by atoms with van der Waals surface area (Å²) in [5, 5.41) is 0. The third-order valence-electron chi connectivity index (χ3n) is 3.29. The zero-order valence-electron chi connectivity index (χ0n) is 10.6. The van der Waals surface area contributed by atoms with Crippen molar-refractivity contribution < 1.29 is 9.53 Å². The number of morpholine rings is 1. The number of nitrogens with zero attached hydrogens (tertiary/aromatic N) is 1. The molecule has 0 spiro atoms. The zero-order chi connectivity index (χ0) is 12.1. The van der Waals surface area contributed by atoms with Crippen LogP contribution in [0.3, 0.4) is 0 Å². The van der Waals surface area contributed by atoms with Crippen molar-refractivity contribution in [2.24, 2.45) is 17.6 Å². The summed E-state index contributed by atoms with van der Waals surface area (Å²) in [6.45, 7) is 9.03. The molecular weight excluding hydrogens is 204 g/mol. The molecule has 0 aromatic carbocycles. The number of hydrogen-bond acceptors (Lipinski definition) is 3. The highest BCUT2D eigenvalue weighted by Crippen LogP contribution is 2.15. The van der Waals surface area contributed by atoms with Crippen molar-refractivity contribution in [2.45, 2.75) is 33.2 Å². The molecule has 0 aromatic heterocycles. The van der Waals surface area contributed by atoms with Gasteiger partial charge in [-0.25, -0.2) is 0 Å². The van der Waals surface area contributed by atoms with Crippen molar-refractivity contribution in [3.05, 3.63) is 0 Å². The Morgan fingerprint density at radius 3 is 2.38 bits per heavy atom. The van der Waals surface area contributed by atoms with E-state index in [1.807, 2.05) is 4.90 Å². The Morgan fingerprint density at radius 1 is 1.31 bits per heavy atom. The van der Waals surface area contributed by atoms with Gasteiger partial charge in [0.15, 0.2) is 0 Å². The SMILES string of the molecule is CC(C)[C@H](N)[C@H](C)CC(=O)N1CCOCC1. The van der Waals surface area contributed by atoms with Crippen molar-refractivity contribution >= 4 is 5.91 Å². The van der Waals surface area contributed by atoms with E-state index in [-0.39, 0.29) is 17.9 Å². The predicted octanol–water partition coefficient (Wildman–Crippen LogP) is 0.855. The molecule has 2 atom stereocenters. The van der Waals surface area contributed by atoms with Gasteiger partial charge in [0.05, 0.1) is 13.2 Å². The van der Waals surface area contributed by atoms with Crippen molar-refractivity contribution in [3.63, 3.8) is 0 Å². The molecule has 94 valence electrons. The monoisotopic (exact) mass is 228 g/mol. The van der Waals surface area contributed by atoms with Crippen LogP contribution in [0.4, 0.5) is 0 Å². The summed E-state index contributed by atoms with van der Waals surface area (Å²) < 4.78 is 5.22. The average molecular weight is 228 g/mol. The third-order valence-corrected chi connectivity index (χ3v) is 3.29. The van der Waals surface area contributed by atoms with Crippen LogP contribution in [0.5, 0.6) is 0 Å². The molecule has 4 nitrogen and oxygen atoms in total. The molecule has 0 radical (unpaired) electrons. The van der Waals surface area contributed by atoms with Gasteiger partial charge in [0, 0.05) is 25.6 Å². The number of rotatable bonds is 4. The summed E-state index contributed by atoms with van der Waals surface area (Å²) in [6.07, 6.45) is 0.555. The molecule has 0 aliphatic carbocycles. The molecule has 1 saturated heterocycles. The van der Waals surface area contributed by atoms with Crippen LogP contribution in [-0.2, 0) is 9.53 Å². The molecule has 0 saturated carbocycles. The highest BCUT2D eigenvalue weighted by molar-refractivity contribution is 5.76. The van der Waals surface area contributed by atoms with Crippen molar-refractivity contribution in [1.29, 1.82) is 0 Å². The lowest BCUT2D eigenvalue weighted by molar-refractivity contribution is -0.136. The van der Waals surface area contributed by atoms with Crippen molar-refractivity contribution in [2.75, 3.05) is 26.3 Å². The Kier molecular flexibility index (Phi) is 5.22. The summed E-state index contributed by atoms with van der Waals surface area (Å²) in [5.74, 6) is 0.884. The normalized spacial score (nSPS) is 20.9. The van der Waals surface area contributed by atoms with Gasteiger partial charge < -0.3 is 15.4 Å². The van der Waals surface area contributed by atoms with Gasteiger partial charge in [0.1, 0.15) is 0 Å². The first-order valence-electron chi connectivity index (χ1n) is 6.13. The summed E-state index contributed by atoms with van der Waals surface area (Å²) in [4.78, 5) is 13.8. The fraction of sp³-hybridized carbons (Fsp3) is 0.917. The molecule has 1 amide bonds. The molecule has 0 aromatic rings. The van der Waals surface area contributed by atoms with Gasteiger partial charge in [-0.1, -0.05) is 20.8 Å². The smallest absolute Gasteiger partial charge is 0.223 e. The Morgan fingerprint density at radius 2 is 1.88 bits per heavy atom. The van der Waals surface area contributed by atoms with E-state index in [1.54, 1.807) is 0 Å². The number of carbonyl (C=O) groups excluding carboxylic acids is 1. The van der Waals surface area contributed by atoms with E-state index in [1.165, 1.54) is 0 Å². The predicted molar refractivity (Wildman–Crippen MR) is 64.0 cm³/mol. The van der Waals surface area contributed by atoms with Crippen molar-refractivity contribution in [3.8, 4) is 0 Å². The van der Waals surface area contributed by atoms with Crippen molar-refractivity contribution in [1.82, 2.24) is 4.90 Å². The minimum atomic E-state index is 0.102. The maximum absolute atomic E-state index is 12.0. The highest BCUT2D eigenvalue weighted by atomic mass is 16.5. The Hall–Kier alpha value is -0.610. The second-order valence-corrected chi connectivity index (χ2v) is 5.00. The second kappa shape index (κ2) is 6.21. The van der Waals surface area contributed by atoms with Gasteiger partial charge in [-0.05, 0) is 11.8 Å². The summed E-state index contributed by atoms with van der Waals surface area (Å²) in [6, 6.07) is 0.102. The molecule has 1 rings (SSSR count). The van der Waals surface area contributed by atoms with Crippen LogP contribution in [0.1, 0.15) is 27.2 Å². The minimum absolute atomic E-state index is 0.102. The lowest BCUT2D eigenvalue weighted by Crippen LogP contribution is -2.43. The second-order valence-electron chi connectivity index (χ2n) is 5.00. The first-order valence-corrected chi connectivity index (χ1v) is 6.13. The highest BCUT2D eigenvalue weighted by Gasteiger charge is 2.23. The Balaban J connectivity index is 2.37. The fourth-order valence-corrected chi connectivity index (χ4v) is 2.01. The van der Waals surface area contributed by atoms with E-state index >= 15 is 0 Å². The van der Waals surface area contributed by atoms with Crippen LogP contribution in [0.2, 0.25) is 0 Å². The van der Waals surface area contributed by atoms with Gasteiger partial charge in [0.25, 0.3) is 0 Å². The first-order chi connectivity index (χ1) is 7.52. The fourth-order valence-electron chi connectivity index (χ4n) is 2.01. The van der Waals surface area contributed by atoms with E-state index in [2.05, 4.69) is 20.8 Å². The van der Waals surface area contributed by atoms with E-state index < -0.39 is 0 Å². The standard InChI is InChI=1S/C12H24N2O2/c1-9(2)12(13)10(3)8-11(15)14-4-6-16-7-5-14/h9-10,12H,4-8,13H2,1-3H3/t10-,12+/m1/s1. The molecule has 2 N–H and O–H groups in total. The summed E-state index contributed by atoms with van der Waals surface area (Å²) in [5.41, 5.74) is 6.04. The maximum Gasteiger partial charge on any atom is 0.223 e. The van der Waals surface area contributed by atoms with Crippen LogP contribution >= 0.6 is 0 Å². The first kappa shape index (κ1) is 13.5. The summed E-state index contributed by atoms with van der Waals surface area (Å²) >= 11 is 0. The molecule has 0 bridgehead atoms. The molecule has 4 heteroatoms. The quantitative estimate of drug-likeness (QED) is 0.776. The van der Waals surface area contributed by atoms with Gasteiger partial charge in [-0.15, -0.1) is 0 Å². The van der Waals surface area contributed by atoms with Crippen LogP contribution in [0.25, 0.3) is 0 Å². The molecule has 1 aliphatic rings. The number of nitrogens with two attached hydrogens (primary N) is 1. The van der Waals surface area contributed by atoms with Gasteiger partial charge >= 0.3 is 0 Å². The number of ether oxygens (including phenoxy) is 1. The Bertz CT molecular complexity index is 225. The number of carbonyl (C=O) groups is 1. The van der Waals surface area contributed by atoms with Crippen LogP contribution < -0.4 is 5.73 Å². The zero-order valence-corrected chi connectivity index (χ0v) is 10.6. The minimum Gasteiger partial charge on any atom is -0.378 e. The average Bonchev–Trinajstić information content (AvgIpc) is 2.28. The maximum atomic E-state index is 12.0. The number of hydrogen-bond donors (Lipinski definition) is 1. The largest absolute Gasteiger partial charge is 0.378 e. The van der Waals surface area contributed by atoms with E-state index in [0.717, 1.165) is 13.1 Å². The van der Waals surface area contributed by atoms with Gasteiger partial charge in [-0.3, -0.25) is 4.79 Å². The molecule has 1 heterocycles. The van der Waals surface area contributed by atoms with E-state index in [0.29, 0.717) is 25.6 Å². The Labute approximate surface area is 98.1 Å². The van der Waals surface area contributed by atoms with E-state index in [9.17, 15) is 4.79 Å². The van der Waals surface area contributed by atoms with E-state index in [4.69, 9.17) is 10.5 Å². The lowest BCUT2D eigenvalue weighted by Gasteiger charge is -2.29.